The third-order valence-corrected chi connectivity index (χ3v) is 3.74. The van der Waals surface area contributed by atoms with Crippen molar-refractivity contribution in [3.63, 3.8) is 0 Å². The fourth-order valence-electron chi connectivity index (χ4n) is 2.50. The lowest BCUT2D eigenvalue weighted by molar-refractivity contribution is -0.131. The lowest BCUT2D eigenvalue weighted by Crippen LogP contribution is -2.46. The summed E-state index contributed by atoms with van der Waals surface area (Å²) in [6.45, 7) is 2.05. The minimum absolute atomic E-state index is 0.00495. The van der Waals surface area contributed by atoms with Gasteiger partial charge < -0.3 is 15.1 Å². The summed E-state index contributed by atoms with van der Waals surface area (Å²) in [7, 11) is 0. The van der Waals surface area contributed by atoms with Crippen LogP contribution in [0.5, 0.6) is 0 Å². The van der Waals surface area contributed by atoms with Crippen LogP contribution in [0, 0.1) is 5.92 Å². The van der Waals surface area contributed by atoms with Gasteiger partial charge in [0.15, 0.2) is 0 Å². The first-order valence-corrected chi connectivity index (χ1v) is 7.27. The van der Waals surface area contributed by atoms with Crippen molar-refractivity contribution in [1.82, 2.24) is 10.6 Å². The van der Waals surface area contributed by atoms with Crippen LogP contribution in [-0.4, -0.2) is 17.9 Å². The van der Waals surface area contributed by atoms with Crippen LogP contribution < -0.4 is 10.6 Å². The topological polar surface area (TPSA) is 71.3 Å². The molecule has 0 saturated heterocycles. The van der Waals surface area contributed by atoms with E-state index in [9.17, 15) is 9.59 Å². The molecular weight excluding hydrogens is 256 g/mol. The number of hydrogen-bond acceptors (Lipinski definition) is 3. The van der Waals surface area contributed by atoms with E-state index in [1.165, 1.54) is 6.42 Å². The van der Waals surface area contributed by atoms with Crippen molar-refractivity contribution in [3.05, 3.63) is 24.2 Å². The standard InChI is InChI=1S/C15H22N2O3/c1-11(14(18)16-10-13-8-5-9-20-13)17-15(19)12-6-3-2-4-7-12/h5,8-9,11-12H,2-4,6-7,10H2,1H3,(H,16,18)(H,17,19). The van der Waals surface area contributed by atoms with Gasteiger partial charge in [0, 0.05) is 5.92 Å². The van der Waals surface area contributed by atoms with E-state index < -0.39 is 6.04 Å². The lowest BCUT2D eigenvalue weighted by atomic mass is 9.88. The highest BCUT2D eigenvalue weighted by Crippen LogP contribution is 2.23. The van der Waals surface area contributed by atoms with Gasteiger partial charge in [0.1, 0.15) is 11.8 Å². The summed E-state index contributed by atoms with van der Waals surface area (Å²) >= 11 is 0. The van der Waals surface area contributed by atoms with E-state index in [0.29, 0.717) is 12.3 Å². The zero-order chi connectivity index (χ0) is 14.4. The third-order valence-electron chi connectivity index (χ3n) is 3.74. The SMILES string of the molecule is CC(NC(=O)C1CCCCC1)C(=O)NCc1ccco1. The number of rotatable bonds is 5. The minimum Gasteiger partial charge on any atom is -0.467 e. The van der Waals surface area contributed by atoms with E-state index in [2.05, 4.69) is 10.6 Å². The van der Waals surface area contributed by atoms with E-state index in [1.807, 2.05) is 0 Å². The summed E-state index contributed by atoms with van der Waals surface area (Å²) in [6.07, 6.45) is 6.87. The van der Waals surface area contributed by atoms with Gasteiger partial charge in [0.2, 0.25) is 11.8 Å². The molecule has 1 unspecified atom stereocenters. The minimum atomic E-state index is -0.514. The fraction of sp³-hybridized carbons (Fsp3) is 0.600. The Labute approximate surface area is 119 Å². The van der Waals surface area contributed by atoms with Crippen LogP contribution in [0.3, 0.4) is 0 Å². The summed E-state index contributed by atoms with van der Waals surface area (Å²) in [6, 6.07) is 3.06. The molecule has 1 fully saturated rings. The summed E-state index contributed by atoms with van der Waals surface area (Å²) in [4.78, 5) is 23.9. The molecule has 1 aromatic heterocycles. The first-order valence-electron chi connectivity index (χ1n) is 7.27. The number of hydrogen-bond donors (Lipinski definition) is 2. The zero-order valence-corrected chi connectivity index (χ0v) is 11.9. The lowest BCUT2D eigenvalue weighted by Gasteiger charge is -2.22. The molecule has 2 N–H and O–H groups in total. The van der Waals surface area contributed by atoms with Crippen molar-refractivity contribution in [2.75, 3.05) is 0 Å². The quantitative estimate of drug-likeness (QED) is 0.865. The highest BCUT2D eigenvalue weighted by molar-refractivity contribution is 5.88. The van der Waals surface area contributed by atoms with Crippen LogP contribution in [0.1, 0.15) is 44.8 Å². The number of amides is 2. The van der Waals surface area contributed by atoms with Crippen molar-refractivity contribution in [2.45, 2.75) is 51.6 Å². The van der Waals surface area contributed by atoms with Crippen molar-refractivity contribution >= 4 is 11.8 Å². The molecule has 5 heteroatoms. The van der Waals surface area contributed by atoms with Crippen molar-refractivity contribution in [3.8, 4) is 0 Å². The highest BCUT2D eigenvalue weighted by atomic mass is 16.3. The molecule has 0 spiro atoms. The molecule has 1 aliphatic carbocycles. The third kappa shape index (κ3) is 4.11. The number of carbonyl (C=O) groups excluding carboxylic acids is 2. The van der Waals surface area contributed by atoms with Crippen LogP contribution >= 0.6 is 0 Å². The predicted octanol–water partition coefficient (Wildman–Crippen LogP) is 1.98. The first-order chi connectivity index (χ1) is 9.66. The van der Waals surface area contributed by atoms with Gasteiger partial charge in [-0.2, -0.15) is 0 Å². The average Bonchev–Trinajstić information content (AvgIpc) is 2.98. The van der Waals surface area contributed by atoms with Crippen molar-refractivity contribution in [1.29, 1.82) is 0 Å². The molecule has 1 aromatic rings. The molecule has 2 rings (SSSR count). The van der Waals surface area contributed by atoms with Gasteiger partial charge in [0.25, 0.3) is 0 Å². The van der Waals surface area contributed by atoms with Crippen molar-refractivity contribution < 1.29 is 14.0 Å². The second-order valence-corrected chi connectivity index (χ2v) is 5.36. The molecule has 2 amide bonds. The van der Waals surface area contributed by atoms with Gasteiger partial charge >= 0.3 is 0 Å². The second kappa shape index (κ2) is 7.12. The molecule has 1 aliphatic rings. The molecular formula is C15H22N2O3. The molecule has 1 saturated carbocycles. The molecule has 20 heavy (non-hydrogen) atoms. The zero-order valence-electron chi connectivity index (χ0n) is 11.9. The van der Waals surface area contributed by atoms with Crippen molar-refractivity contribution in [2.24, 2.45) is 5.92 Å². The Hall–Kier alpha value is -1.78. The summed E-state index contributed by atoms with van der Waals surface area (Å²) in [5.74, 6) is 0.587. The first kappa shape index (κ1) is 14.6. The van der Waals surface area contributed by atoms with Gasteiger partial charge in [-0.15, -0.1) is 0 Å². The van der Waals surface area contributed by atoms with Gasteiger partial charge in [0.05, 0.1) is 12.8 Å². The maximum absolute atomic E-state index is 12.0. The second-order valence-electron chi connectivity index (χ2n) is 5.36. The van der Waals surface area contributed by atoms with Crippen LogP contribution in [-0.2, 0) is 16.1 Å². The van der Waals surface area contributed by atoms with Gasteiger partial charge in [-0.05, 0) is 31.9 Å². The molecule has 0 aliphatic heterocycles. The molecule has 0 bridgehead atoms. The monoisotopic (exact) mass is 278 g/mol. The summed E-state index contributed by atoms with van der Waals surface area (Å²) in [5.41, 5.74) is 0. The number of nitrogens with one attached hydrogen (secondary N) is 2. The van der Waals surface area contributed by atoms with Gasteiger partial charge in [-0.1, -0.05) is 19.3 Å². The number of carbonyl (C=O) groups is 2. The van der Waals surface area contributed by atoms with Crippen LogP contribution in [0.25, 0.3) is 0 Å². The summed E-state index contributed by atoms with van der Waals surface area (Å²) in [5, 5.41) is 5.54. The smallest absolute Gasteiger partial charge is 0.242 e. The maximum Gasteiger partial charge on any atom is 0.242 e. The van der Waals surface area contributed by atoms with Gasteiger partial charge in [-0.25, -0.2) is 0 Å². The molecule has 1 atom stereocenters. The largest absolute Gasteiger partial charge is 0.467 e. The average molecular weight is 278 g/mol. The van der Waals surface area contributed by atoms with Crippen LogP contribution in [0.2, 0.25) is 0 Å². The van der Waals surface area contributed by atoms with Crippen LogP contribution in [0.4, 0.5) is 0 Å². The Bertz CT molecular complexity index is 436. The highest BCUT2D eigenvalue weighted by Gasteiger charge is 2.24. The van der Waals surface area contributed by atoms with E-state index in [4.69, 9.17) is 4.42 Å². The molecule has 0 aromatic carbocycles. The van der Waals surface area contributed by atoms with E-state index in [1.54, 1.807) is 25.3 Å². The molecule has 1 heterocycles. The van der Waals surface area contributed by atoms with E-state index in [0.717, 1.165) is 25.7 Å². The Morgan fingerprint density at radius 3 is 2.75 bits per heavy atom. The predicted molar refractivity (Wildman–Crippen MR) is 74.7 cm³/mol. The Morgan fingerprint density at radius 2 is 2.10 bits per heavy atom. The molecule has 0 radical (unpaired) electrons. The summed E-state index contributed by atoms with van der Waals surface area (Å²) < 4.78 is 5.14. The van der Waals surface area contributed by atoms with E-state index in [-0.39, 0.29) is 17.7 Å². The Balaban J connectivity index is 1.73. The molecule has 5 nitrogen and oxygen atoms in total. The Morgan fingerprint density at radius 1 is 1.35 bits per heavy atom. The number of furan rings is 1. The molecule has 110 valence electrons. The van der Waals surface area contributed by atoms with Gasteiger partial charge in [-0.3, -0.25) is 9.59 Å². The van der Waals surface area contributed by atoms with Crippen LogP contribution in [0.15, 0.2) is 22.8 Å². The fourth-order valence-corrected chi connectivity index (χ4v) is 2.50. The van der Waals surface area contributed by atoms with E-state index >= 15 is 0 Å². The maximum atomic E-state index is 12.0. The Kier molecular flexibility index (Phi) is 5.21. The normalized spacial score (nSPS) is 17.4.